The summed E-state index contributed by atoms with van der Waals surface area (Å²) in [5.74, 6) is -1.44. The van der Waals surface area contributed by atoms with Gasteiger partial charge >= 0.3 is 5.97 Å². The van der Waals surface area contributed by atoms with Crippen LogP contribution in [0, 0.1) is 5.41 Å². The molecule has 0 bridgehead atoms. The zero-order valence-corrected chi connectivity index (χ0v) is 12.4. The first-order valence-electron chi connectivity index (χ1n) is 6.96. The molecule has 1 aliphatic rings. The van der Waals surface area contributed by atoms with Crippen LogP contribution in [0.3, 0.4) is 0 Å². The average molecular weight is 284 g/mol. The van der Waals surface area contributed by atoms with Crippen LogP contribution in [-0.4, -0.2) is 35.0 Å². The van der Waals surface area contributed by atoms with Crippen molar-refractivity contribution in [3.63, 3.8) is 0 Å². The molecule has 0 spiro atoms. The molecule has 0 radical (unpaired) electrons. The van der Waals surface area contributed by atoms with Crippen molar-refractivity contribution in [3.8, 4) is 0 Å². The Bertz CT molecular complexity index is 392. The summed E-state index contributed by atoms with van der Waals surface area (Å²) in [6.07, 6.45) is 3.13. The molecule has 0 saturated heterocycles. The van der Waals surface area contributed by atoms with Crippen LogP contribution in [-0.2, 0) is 14.4 Å². The smallest absolute Gasteiger partial charge is 0.305 e. The quantitative estimate of drug-likeness (QED) is 0.703. The summed E-state index contributed by atoms with van der Waals surface area (Å²) >= 11 is 0. The van der Waals surface area contributed by atoms with E-state index >= 15 is 0 Å². The Kier molecular flexibility index (Phi) is 5.14. The second-order valence-electron chi connectivity index (χ2n) is 6.54. The molecule has 1 aliphatic carbocycles. The van der Waals surface area contributed by atoms with E-state index in [1.165, 1.54) is 0 Å². The molecule has 1 fully saturated rings. The molecule has 0 aliphatic heterocycles. The summed E-state index contributed by atoms with van der Waals surface area (Å²) in [4.78, 5) is 34.5. The van der Waals surface area contributed by atoms with Crippen LogP contribution in [0.5, 0.6) is 0 Å². The highest BCUT2D eigenvalue weighted by atomic mass is 16.4. The number of rotatable bonds is 5. The van der Waals surface area contributed by atoms with E-state index < -0.39 is 16.9 Å². The van der Waals surface area contributed by atoms with Crippen molar-refractivity contribution in [1.29, 1.82) is 0 Å². The normalized spacial score (nSPS) is 17.6. The number of aliphatic carboxylic acids is 1. The number of hydrogen-bond donors (Lipinski definition) is 3. The van der Waals surface area contributed by atoms with E-state index in [0.717, 1.165) is 12.8 Å². The monoisotopic (exact) mass is 284 g/mol. The molecule has 0 heterocycles. The van der Waals surface area contributed by atoms with Crippen LogP contribution in [0.15, 0.2) is 0 Å². The Morgan fingerprint density at radius 3 is 2.15 bits per heavy atom. The number of carbonyl (C=O) groups is 3. The third kappa shape index (κ3) is 4.83. The third-order valence-corrected chi connectivity index (χ3v) is 3.55. The first kappa shape index (κ1) is 16.5. The van der Waals surface area contributed by atoms with Gasteiger partial charge in [0.2, 0.25) is 11.8 Å². The van der Waals surface area contributed by atoms with Gasteiger partial charge in [-0.15, -0.1) is 0 Å². The lowest BCUT2D eigenvalue weighted by Gasteiger charge is -2.29. The van der Waals surface area contributed by atoms with Gasteiger partial charge in [0.25, 0.3) is 0 Å². The van der Waals surface area contributed by atoms with Gasteiger partial charge in [0.1, 0.15) is 0 Å². The molecule has 20 heavy (non-hydrogen) atoms. The molecule has 0 aromatic carbocycles. The van der Waals surface area contributed by atoms with Crippen LogP contribution >= 0.6 is 0 Å². The number of carboxylic acids is 1. The molecule has 0 aromatic rings. The molecule has 1 saturated carbocycles. The number of hydrogen-bond acceptors (Lipinski definition) is 3. The zero-order valence-electron chi connectivity index (χ0n) is 12.4. The van der Waals surface area contributed by atoms with Crippen molar-refractivity contribution in [2.45, 2.75) is 58.4 Å². The van der Waals surface area contributed by atoms with E-state index in [2.05, 4.69) is 10.6 Å². The van der Waals surface area contributed by atoms with Gasteiger partial charge in [-0.2, -0.15) is 0 Å². The maximum Gasteiger partial charge on any atom is 0.305 e. The fourth-order valence-electron chi connectivity index (χ4n) is 2.45. The minimum Gasteiger partial charge on any atom is -0.481 e. The Morgan fingerprint density at radius 2 is 1.70 bits per heavy atom. The average Bonchev–Trinajstić information content (AvgIpc) is 2.71. The molecule has 2 amide bonds. The second kappa shape index (κ2) is 6.24. The minimum atomic E-state index is -0.911. The molecular formula is C14H24N2O4. The number of nitrogens with one attached hydrogen (secondary N) is 2. The maximum atomic E-state index is 11.9. The highest BCUT2D eigenvalue weighted by Gasteiger charge is 2.37. The second-order valence-corrected chi connectivity index (χ2v) is 6.54. The molecular weight excluding hydrogens is 260 g/mol. The predicted octanol–water partition coefficient (Wildman–Crippen LogP) is 1.05. The van der Waals surface area contributed by atoms with Gasteiger partial charge in [-0.05, 0) is 12.8 Å². The zero-order chi connectivity index (χ0) is 15.4. The fourth-order valence-corrected chi connectivity index (χ4v) is 2.45. The molecule has 3 N–H and O–H groups in total. The summed E-state index contributed by atoms with van der Waals surface area (Å²) < 4.78 is 0. The van der Waals surface area contributed by atoms with Gasteiger partial charge in [-0.25, -0.2) is 0 Å². The van der Waals surface area contributed by atoms with E-state index in [1.54, 1.807) is 20.8 Å². The van der Waals surface area contributed by atoms with Gasteiger partial charge < -0.3 is 15.7 Å². The Hall–Kier alpha value is -1.59. The highest BCUT2D eigenvalue weighted by molar-refractivity contribution is 5.87. The summed E-state index contributed by atoms with van der Waals surface area (Å²) in [7, 11) is 0. The number of amides is 2. The summed E-state index contributed by atoms with van der Waals surface area (Å²) in [6.45, 7) is 5.19. The summed E-state index contributed by atoms with van der Waals surface area (Å²) in [6, 6.07) is 0. The van der Waals surface area contributed by atoms with Crippen molar-refractivity contribution >= 4 is 17.8 Å². The topological polar surface area (TPSA) is 95.5 Å². The largest absolute Gasteiger partial charge is 0.481 e. The molecule has 6 nitrogen and oxygen atoms in total. The lowest BCUT2D eigenvalue weighted by Crippen LogP contribution is -2.51. The lowest BCUT2D eigenvalue weighted by atomic mass is 9.93. The van der Waals surface area contributed by atoms with Crippen LogP contribution in [0.1, 0.15) is 52.9 Å². The number of carboxylic acid groups (broad SMARTS) is 1. The lowest BCUT2D eigenvalue weighted by molar-refractivity contribution is -0.139. The van der Waals surface area contributed by atoms with Gasteiger partial charge in [-0.1, -0.05) is 33.6 Å². The third-order valence-electron chi connectivity index (χ3n) is 3.55. The van der Waals surface area contributed by atoms with E-state index in [-0.39, 0.29) is 24.8 Å². The minimum absolute atomic E-state index is 0.0635. The molecule has 0 atom stereocenters. The van der Waals surface area contributed by atoms with Gasteiger partial charge in [-0.3, -0.25) is 14.4 Å². The summed E-state index contributed by atoms with van der Waals surface area (Å²) in [5, 5.41) is 14.3. The van der Waals surface area contributed by atoms with E-state index in [9.17, 15) is 14.4 Å². The van der Waals surface area contributed by atoms with Crippen LogP contribution in [0.2, 0.25) is 0 Å². The van der Waals surface area contributed by atoms with E-state index in [1.807, 2.05) is 0 Å². The maximum absolute atomic E-state index is 11.9. The molecule has 6 heteroatoms. The van der Waals surface area contributed by atoms with Crippen LogP contribution in [0.25, 0.3) is 0 Å². The first-order chi connectivity index (χ1) is 9.15. The summed E-state index contributed by atoms with van der Waals surface area (Å²) in [5.41, 5.74) is -1.19. The van der Waals surface area contributed by atoms with Crippen molar-refractivity contribution < 1.29 is 19.5 Å². The number of carbonyl (C=O) groups excluding carboxylic acids is 2. The van der Waals surface area contributed by atoms with Crippen molar-refractivity contribution in [3.05, 3.63) is 0 Å². The Balaban J connectivity index is 2.51. The molecule has 0 aromatic heterocycles. The van der Waals surface area contributed by atoms with E-state index in [0.29, 0.717) is 12.8 Å². The van der Waals surface area contributed by atoms with Gasteiger partial charge in [0, 0.05) is 5.41 Å². The fraction of sp³-hybridized carbons (Fsp3) is 0.786. The molecule has 1 rings (SSSR count). The first-order valence-corrected chi connectivity index (χ1v) is 6.96. The highest BCUT2D eigenvalue weighted by Crippen LogP contribution is 2.32. The van der Waals surface area contributed by atoms with Crippen LogP contribution in [0.4, 0.5) is 0 Å². The van der Waals surface area contributed by atoms with Crippen molar-refractivity contribution in [1.82, 2.24) is 10.6 Å². The SMILES string of the molecule is CC(C)(C)C(=O)NCC(=O)NC1(CC(=O)O)CCCC1. The van der Waals surface area contributed by atoms with E-state index in [4.69, 9.17) is 5.11 Å². The van der Waals surface area contributed by atoms with Crippen molar-refractivity contribution in [2.24, 2.45) is 5.41 Å². The Morgan fingerprint density at radius 1 is 1.15 bits per heavy atom. The van der Waals surface area contributed by atoms with Gasteiger partial charge in [0.15, 0.2) is 0 Å². The molecule has 0 unspecified atom stereocenters. The van der Waals surface area contributed by atoms with Crippen molar-refractivity contribution in [2.75, 3.05) is 6.54 Å². The Labute approximate surface area is 119 Å². The molecule has 114 valence electrons. The standard InChI is InChI=1S/C14H24N2O4/c1-13(2,3)12(20)15-9-10(17)16-14(8-11(18)19)6-4-5-7-14/h4-9H2,1-3H3,(H,15,20)(H,16,17)(H,18,19). The van der Waals surface area contributed by atoms with Crippen LogP contribution < -0.4 is 10.6 Å². The predicted molar refractivity (Wildman–Crippen MR) is 74.1 cm³/mol. The van der Waals surface area contributed by atoms with Gasteiger partial charge in [0.05, 0.1) is 18.5 Å².